The Hall–Kier alpha value is -2.85. The van der Waals surface area contributed by atoms with E-state index in [0.717, 1.165) is 17.4 Å². The number of Topliss-reactive ketones (excluding diaryl/α,β-unsaturated/α-hetero) is 1. The average molecular weight is 495 g/mol. The lowest BCUT2D eigenvalue weighted by Crippen LogP contribution is -2.48. The summed E-state index contributed by atoms with van der Waals surface area (Å²) in [5.41, 5.74) is 9.98. The number of rotatable bonds is 5. The summed E-state index contributed by atoms with van der Waals surface area (Å²) in [6, 6.07) is 18.1. The van der Waals surface area contributed by atoms with Crippen molar-refractivity contribution in [2.75, 3.05) is 16.3 Å². The molecule has 0 N–H and O–H groups in total. The summed E-state index contributed by atoms with van der Waals surface area (Å²) >= 11 is 1.84. The summed E-state index contributed by atoms with van der Waals surface area (Å²) in [7, 11) is 0. The highest BCUT2D eigenvalue weighted by Crippen LogP contribution is 2.56. The molecule has 0 bridgehead atoms. The Labute approximate surface area is 218 Å². The van der Waals surface area contributed by atoms with Crippen molar-refractivity contribution in [2.24, 2.45) is 11.8 Å². The quantitative estimate of drug-likeness (QED) is 0.342. The van der Waals surface area contributed by atoms with Gasteiger partial charge in [-0.2, -0.15) is 0 Å². The predicted octanol–water partition coefficient (Wildman–Crippen LogP) is 7.54. The number of fused-ring (bicyclic) bond motifs is 3. The Bertz CT molecular complexity index is 1400. The average Bonchev–Trinajstić information content (AvgIpc) is 3.79. The first kappa shape index (κ1) is 22.4. The highest BCUT2D eigenvalue weighted by Gasteiger charge is 2.55. The van der Waals surface area contributed by atoms with E-state index in [0.29, 0.717) is 18.4 Å². The van der Waals surface area contributed by atoms with Crippen molar-refractivity contribution in [3.05, 3.63) is 75.7 Å². The summed E-state index contributed by atoms with van der Waals surface area (Å²) in [4.78, 5) is 21.5. The molecule has 184 valence electrons. The van der Waals surface area contributed by atoms with E-state index in [1.54, 1.807) is 0 Å². The molecule has 2 aliphatic carbocycles. The van der Waals surface area contributed by atoms with Gasteiger partial charge in [0, 0.05) is 21.4 Å². The van der Waals surface area contributed by atoms with Crippen molar-refractivity contribution in [1.29, 1.82) is 0 Å². The van der Waals surface area contributed by atoms with E-state index in [1.807, 2.05) is 11.3 Å². The fraction of sp³-hybridized carbons (Fsp3) is 0.406. The summed E-state index contributed by atoms with van der Waals surface area (Å²) in [5.74, 6) is 1.85. The second kappa shape index (κ2) is 8.08. The van der Waals surface area contributed by atoms with Crippen LogP contribution in [0.15, 0.2) is 54.1 Å². The molecule has 4 heteroatoms. The molecule has 1 saturated heterocycles. The second-order valence-electron chi connectivity index (χ2n) is 11.4. The number of hydrogen-bond acceptors (Lipinski definition) is 4. The minimum Gasteiger partial charge on any atom is -0.342 e. The van der Waals surface area contributed by atoms with Crippen molar-refractivity contribution in [3.8, 4) is 10.4 Å². The predicted molar refractivity (Wildman–Crippen MR) is 151 cm³/mol. The third-order valence-electron chi connectivity index (χ3n) is 8.99. The van der Waals surface area contributed by atoms with Gasteiger partial charge < -0.3 is 9.80 Å². The second-order valence-corrected chi connectivity index (χ2v) is 12.6. The summed E-state index contributed by atoms with van der Waals surface area (Å²) in [6.45, 7) is 9.34. The molecule has 0 radical (unpaired) electrons. The lowest BCUT2D eigenvalue weighted by molar-refractivity contribution is -0.113. The molecule has 2 saturated carbocycles. The van der Waals surface area contributed by atoms with E-state index in [-0.39, 0.29) is 6.17 Å². The van der Waals surface area contributed by atoms with E-state index in [1.165, 1.54) is 74.6 Å². The molecule has 3 heterocycles. The Morgan fingerprint density at radius 1 is 0.972 bits per heavy atom. The maximum atomic E-state index is 13.8. The number of nitrogens with zero attached hydrogens (tertiary/aromatic N) is 2. The Morgan fingerprint density at radius 2 is 1.67 bits per heavy atom. The molecule has 3 nitrogen and oxygen atoms in total. The minimum absolute atomic E-state index is 0.0266. The molecule has 1 aromatic heterocycles. The van der Waals surface area contributed by atoms with Crippen molar-refractivity contribution < 1.29 is 4.79 Å². The molecule has 1 atom stereocenters. The highest BCUT2D eigenvalue weighted by atomic mass is 32.1. The van der Waals surface area contributed by atoms with Gasteiger partial charge in [0.15, 0.2) is 5.78 Å². The third-order valence-corrected chi connectivity index (χ3v) is 10.1. The molecule has 0 spiro atoms. The van der Waals surface area contributed by atoms with Gasteiger partial charge in [0.2, 0.25) is 0 Å². The van der Waals surface area contributed by atoms with Gasteiger partial charge in [-0.05, 0) is 105 Å². The number of aryl methyl sites for hydroxylation is 2. The van der Waals surface area contributed by atoms with Crippen LogP contribution in [0.5, 0.6) is 0 Å². The minimum atomic E-state index is 0.0266. The smallest absolute Gasteiger partial charge is 0.182 e. The van der Waals surface area contributed by atoms with Crippen LogP contribution < -0.4 is 9.80 Å². The Morgan fingerprint density at radius 3 is 2.33 bits per heavy atom. The molecule has 1 unspecified atom stereocenters. The van der Waals surface area contributed by atoms with Crippen LogP contribution in [0.4, 0.5) is 11.4 Å². The zero-order valence-corrected chi connectivity index (χ0v) is 22.5. The van der Waals surface area contributed by atoms with Crippen LogP contribution in [0.1, 0.15) is 54.2 Å². The van der Waals surface area contributed by atoms with Gasteiger partial charge in [-0.1, -0.05) is 36.4 Å². The normalized spacial score (nSPS) is 22.5. The molecule has 3 aromatic rings. The molecule has 0 amide bonds. The number of thiophene rings is 1. The molecule has 36 heavy (non-hydrogen) atoms. The van der Waals surface area contributed by atoms with Gasteiger partial charge in [0.25, 0.3) is 0 Å². The van der Waals surface area contributed by atoms with Gasteiger partial charge >= 0.3 is 0 Å². The molecule has 7 rings (SSSR count). The first-order valence-corrected chi connectivity index (χ1v) is 14.3. The number of benzene rings is 2. The molecule has 2 aromatic carbocycles. The standard InChI is InChI=1S/C32H34N2OS/c1-18-10-15-26-30(19(18)2)33-17-27(35)29(32(33)34(26)31(23-11-12-23)24-13-14-24)20(3)25-16-28(36-21(25)4)22-8-6-5-7-9-22/h5-10,15-16,23-24,31-32H,11-14,17H2,1-4H3/b29-20-. The summed E-state index contributed by atoms with van der Waals surface area (Å²) in [6.07, 6.45) is 5.36. The number of allylic oxidation sites excluding steroid dienone is 1. The van der Waals surface area contributed by atoms with Gasteiger partial charge in [-0.25, -0.2) is 0 Å². The molecular formula is C32H34N2OS. The van der Waals surface area contributed by atoms with E-state index in [9.17, 15) is 4.79 Å². The Balaban J connectivity index is 1.39. The summed E-state index contributed by atoms with van der Waals surface area (Å²) < 4.78 is 0. The van der Waals surface area contributed by atoms with Crippen molar-refractivity contribution in [2.45, 2.75) is 65.6 Å². The first-order chi connectivity index (χ1) is 17.4. The number of carbonyl (C=O) groups is 1. The maximum absolute atomic E-state index is 13.8. The first-order valence-electron chi connectivity index (χ1n) is 13.5. The molecule has 4 aliphatic rings. The van der Waals surface area contributed by atoms with Crippen LogP contribution in [0, 0.1) is 32.6 Å². The van der Waals surface area contributed by atoms with Crippen LogP contribution in [-0.2, 0) is 4.79 Å². The van der Waals surface area contributed by atoms with Gasteiger partial charge in [-0.3, -0.25) is 4.79 Å². The lowest BCUT2D eigenvalue weighted by Gasteiger charge is -2.36. The van der Waals surface area contributed by atoms with Gasteiger partial charge in [0.1, 0.15) is 6.17 Å². The number of hydrogen-bond donors (Lipinski definition) is 0. The lowest BCUT2D eigenvalue weighted by atomic mass is 9.95. The number of carbonyl (C=O) groups excluding carboxylic acids is 1. The third kappa shape index (κ3) is 3.33. The molecule has 3 fully saturated rings. The monoisotopic (exact) mass is 494 g/mol. The van der Waals surface area contributed by atoms with E-state index in [4.69, 9.17) is 0 Å². The van der Waals surface area contributed by atoms with Crippen LogP contribution in [0.25, 0.3) is 16.0 Å². The molecule has 2 aliphatic heterocycles. The number of anilines is 2. The van der Waals surface area contributed by atoms with Crippen molar-refractivity contribution in [3.63, 3.8) is 0 Å². The van der Waals surface area contributed by atoms with Gasteiger partial charge in [-0.15, -0.1) is 11.3 Å². The fourth-order valence-corrected chi connectivity index (χ4v) is 7.87. The molecular weight excluding hydrogens is 460 g/mol. The van der Waals surface area contributed by atoms with Crippen molar-refractivity contribution in [1.82, 2.24) is 0 Å². The van der Waals surface area contributed by atoms with Crippen LogP contribution in [-0.4, -0.2) is 24.5 Å². The maximum Gasteiger partial charge on any atom is 0.182 e. The largest absolute Gasteiger partial charge is 0.342 e. The van der Waals surface area contributed by atoms with Crippen LogP contribution in [0.2, 0.25) is 0 Å². The van der Waals surface area contributed by atoms with Crippen molar-refractivity contribution >= 4 is 34.1 Å². The summed E-state index contributed by atoms with van der Waals surface area (Å²) in [5, 5.41) is 0. The van der Waals surface area contributed by atoms with E-state index < -0.39 is 0 Å². The SMILES string of the molecule is C/C(=C1\C(=O)CN2c3c(ccc(C)c3C)N(C(C3CC3)C3CC3)C12)c1cc(-c2ccccc2)sc1C. The van der Waals surface area contributed by atoms with E-state index in [2.05, 4.69) is 86.0 Å². The van der Waals surface area contributed by atoms with Crippen LogP contribution >= 0.6 is 11.3 Å². The zero-order valence-electron chi connectivity index (χ0n) is 21.7. The number of ketones is 1. The highest BCUT2D eigenvalue weighted by molar-refractivity contribution is 7.15. The van der Waals surface area contributed by atoms with Crippen LogP contribution in [0.3, 0.4) is 0 Å². The Kier molecular flexibility index (Phi) is 5.02. The van der Waals surface area contributed by atoms with E-state index >= 15 is 0 Å². The topological polar surface area (TPSA) is 23.6 Å². The van der Waals surface area contributed by atoms with Gasteiger partial charge in [0.05, 0.1) is 17.9 Å². The fourth-order valence-electron chi connectivity index (χ4n) is 6.79. The zero-order chi connectivity index (χ0) is 24.7.